The third kappa shape index (κ3) is 3.67. The first-order valence-corrected chi connectivity index (χ1v) is 12.7. The lowest BCUT2D eigenvalue weighted by Gasteiger charge is -2.23. The lowest BCUT2D eigenvalue weighted by atomic mass is 9.94. The number of amides is 1. The average Bonchev–Trinajstić information content (AvgIpc) is 3.51. The standard InChI is InChI=1S/C28H21ClN2O4S/c1-14-3-5-16(6-4-14)24-23(25(32)17-7-10-21-18(12-17)11-15(2)35-21)26(33)27(34)31(24)28-30-20-9-8-19(29)13-22(20)36-28/h3-10,12-13,15,24,32H,11H2,1-2H3/t15-,24+/m1/s1. The van der Waals surface area contributed by atoms with Gasteiger partial charge in [0.1, 0.15) is 17.6 Å². The van der Waals surface area contributed by atoms with E-state index in [0.29, 0.717) is 33.2 Å². The van der Waals surface area contributed by atoms with Crippen molar-refractivity contribution in [2.45, 2.75) is 32.4 Å². The predicted octanol–water partition coefficient (Wildman–Crippen LogP) is 6.21. The molecular formula is C28H21ClN2O4S. The van der Waals surface area contributed by atoms with Crippen molar-refractivity contribution in [1.29, 1.82) is 0 Å². The molecule has 3 aromatic carbocycles. The molecule has 6 nitrogen and oxygen atoms in total. The maximum atomic E-state index is 13.4. The molecule has 1 saturated heterocycles. The number of rotatable bonds is 3. The zero-order chi connectivity index (χ0) is 25.1. The van der Waals surface area contributed by atoms with Crippen molar-refractivity contribution < 1.29 is 19.4 Å². The lowest BCUT2D eigenvalue weighted by Crippen LogP contribution is -2.29. The van der Waals surface area contributed by atoms with Crippen LogP contribution in [0.1, 0.15) is 35.2 Å². The number of aliphatic hydroxyl groups is 1. The Balaban J connectivity index is 1.53. The Morgan fingerprint density at radius 1 is 1.11 bits per heavy atom. The number of carbonyl (C=O) groups is 2. The van der Waals surface area contributed by atoms with E-state index in [1.807, 2.05) is 44.2 Å². The maximum absolute atomic E-state index is 13.4. The number of carbonyl (C=O) groups excluding carboxylic acids is 2. The number of Topliss-reactive ketones (excluding diaryl/α,β-unsaturated/α-hetero) is 1. The second kappa shape index (κ2) is 8.47. The maximum Gasteiger partial charge on any atom is 0.301 e. The Hall–Kier alpha value is -3.68. The van der Waals surface area contributed by atoms with Crippen molar-refractivity contribution >= 4 is 55.7 Å². The summed E-state index contributed by atoms with van der Waals surface area (Å²) in [5.74, 6) is -0.929. The molecule has 1 amide bonds. The molecule has 2 aliphatic rings. The molecule has 0 unspecified atom stereocenters. The Kier molecular flexibility index (Phi) is 5.35. The summed E-state index contributed by atoms with van der Waals surface area (Å²) < 4.78 is 6.58. The van der Waals surface area contributed by atoms with Gasteiger partial charge in [-0.2, -0.15) is 0 Å². The van der Waals surface area contributed by atoms with Crippen LogP contribution in [0.5, 0.6) is 5.75 Å². The third-order valence-electron chi connectivity index (χ3n) is 6.55. The number of anilines is 1. The van der Waals surface area contributed by atoms with E-state index in [2.05, 4.69) is 4.98 Å². The molecule has 2 atom stereocenters. The molecular weight excluding hydrogens is 496 g/mol. The van der Waals surface area contributed by atoms with Crippen molar-refractivity contribution in [2.75, 3.05) is 4.90 Å². The Morgan fingerprint density at radius 2 is 1.89 bits per heavy atom. The van der Waals surface area contributed by atoms with Gasteiger partial charge >= 0.3 is 5.91 Å². The molecule has 1 fully saturated rings. The summed E-state index contributed by atoms with van der Waals surface area (Å²) in [5, 5.41) is 12.4. The van der Waals surface area contributed by atoms with Gasteiger partial charge in [-0.05, 0) is 61.4 Å². The molecule has 180 valence electrons. The largest absolute Gasteiger partial charge is 0.507 e. The second-order valence-electron chi connectivity index (χ2n) is 9.14. The molecule has 0 spiro atoms. The molecule has 0 saturated carbocycles. The van der Waals surface area contributed by atoms with E-state index in [1.54, 1.807) is 30.3 Å². The molecule has 6 rings (SSSR count). The van der Waals surface area contributed by atoms with Crippen molar-refractivity contribution in [3.63, 3.8) is 0 Å². The number of fused-ring (bicyclic) bond motifs is 2. The number of thiazole rings is 1. The minimum absolute atomic E-state index is 0.0352. The fraction of sp³-hybridized carbons (Fsp3) is 0.179. The number of aromatic nitrogens is 1. The Morgan fingerprint density at radius 3 is 2.67 bits per heavy atom. The first kappa shape index (κ1) is 22.8. The highest BCUT2D eigenvalue weighted by Gasteiger charge is 2.48. The first-order chi connectivity index (χ1) is 17.3. The van der Waals surface area contributed by atoms with E-state index in [1.165, 1.54) is 16.2 Å². The van der Waals surface area contributed by atoms with Crippen LogP contribution in [0.4, 0.5) is 5.13 Å². The van der Waals surface area contributed by atoms with Crippen LogP contribution in [0.15, 0.2) is 66.2 Å². The quantitative estimate of drug-likeness (QED) is 0.199. The second-order valence-corrected chi connectivity index (χ2v) is 10.6. The summed E-state index contributed by atoms with van der Waals surface area (Å²) in [6, 6.07) is 17.4. The first-order valence-electron chi connectivity index (χ1n) is 11.5. The zero-order valence-corrected chi connectivity index (χ0v) is 21.1. The normalized spacial score (nSPS) is 20.7. The van der Waals surface area contributed by atoms with E-state index >= 15 is 0 Å². The van der Waals surface area contributed by atoms with Gasteiger partial charge in [0.2, 0.25) is 0 Å². The van der Waals surface area contributed by atoms with E-state index in [4.69, 9.17) is 16.3 Å². The number of aliphatic hydroxyl groups excluding tert-OH is 1. The van der Waals surface area contributed by atoms with Crippen molar-refractivity contribution in [3.8, 4) is 5.75 Å². The van der Waals surface area contributed by atoms with Gasteiger partial charge in [-0.1, -0.05) is 52.8 Å². The van der Waals surface area contributed by atoms with Gasteiger partial charge in [-0.25, -0.2) is 4.98 Å². The smallest absolute Gasteiger partial charge is 0.301 e. The molecule has 0 aliphatic carbocycles. The predicted molar refractivity (Wildman–Crippen MR) is 141 cm³/mol. The molecule has 1 N–H and O–H groups in total. The van der Waals surface area contributed by atoms with Crippen LogP contribution in [0.25, 0.3) is 16.0 Å². The SMILES string of the molecule is Cc1ccc([C@H]2C(=C(O)c3ccc4c(c3)C[C@@H](C)O4)C(=O)C(=O)N2c2nc3ccc(Cl)cc3s2)cc1. The third-order valence-corrected chi connectivity index (χ3v) is 7.80. The van der Waals surface area contributed by atoms with Gasteiger partial charge in [0.25, 0.3) is 5.78 Å². The molecule has 8 heteroatoms. The number of benzene rings is 3. The number of ether oxygens (including phenoxy) is 1. The van der Waals surface area contributed by atoms with Crippen LogP contribution in [-0.2, 0) is 16.0 Å². The van der Waals surface area contributed by atoms with E-state index in [9.17, 15) is 14.7 Å². The zero-order valence-electron chi connectivity index (χ0n) is 19.5. The fourth-order valence-electron chi connectivity index (χ4n) is 4.81. The van der Waals surface area contributed by atoms with Crippen LogP contribution >= 0.6 is 22.9 Å². The summed E-state index contributed by atoms with van der Waals surface area (Å²) >= 11 is 7.43. The van der Waals surface area contributed by atoms with Crippen molar-refractivity contribution in [1.82, 2.24) is 4.98 Å². The van der Waals surface area contributed by atoms with Crippen LogP contribution in [0.2, 0.25) is 5.02 Å². The van der Waals surface area contributed by atoms with Crippen molar-refractivity contribution in [2.24, 2.45) is 0 Å². The summed E-state index contributed by atoms with van der Waals surface area (Å²) in [6.07, 6.45) is 0.753. The molecule has 0 bridgehead atoms. The highest BCUT2D eigenvalue weighted by molar-refractivity contribution is 7.22. The van der Waals surface area contributed by atoms with Gasteiger partial charge in [-0.3, -0.25) is 14.5 Å². The van der Waals surface area contributed by atoms with E-state index < -0.39 is 17.7 Å². The van der Waals surface area contributed by atoms with Gasteiger partial charge in [0.05, 0.1) is 21.8 Å². The van der Waals surface area contributed by atoms with E-state index in [0.717, 1.165) is 21.6 Å². The summed E-state index contributed by atoms with van der Waals surface area (Å²) in [6.45, 7) is 3.94. The minimum Gasteiger partial charge on any atom is -0.507 e. The fourth-order valence-corrected chi connectivity index (χ4v) is 6.08. The Labute approximate surface area is 216 Å². The number of nitrogens with zero attached hydrogens (tertiary/aromatic N) is 2. The Bertz CT molecular complexity index is 1590. The van der Waals surface area contributed by atoms with Gasteiger partial charge in [0.15, 0.2) is 5.13 Å². The topological polar surface area (TPSA) is 79.7 Å². The van der Waals surface area contributed by atoms with Crippen LogP contribution in [-0.4, -0.2) is 27.9 Å². The average molecular weight is 517 g/mol. The number of halogens is 1. The summed E-state index contributed by atoms with van der Waals surface area (Å²) in [5.41, 5.74) is 3.88. The molecule has 1 aromatic heterocycles. The number of hydrogen-bond acceptors (Lipinski definition) is 6. The van der Waals surface area contributed by atoms with Gasteiger partial charge in [-0.15, -0.1) is 0 Å². The number of hydrogen-bond donors (Lipinski definition) is 1. The molecule has 0 radical (unpaired) electrons. The van der Waals surface area contributed by atoms with E-state index in [-0.39, 0.29) is 17.4 Å². The van der Waals surface area contributed by atoms with Crippen molar-refractivity contribution in [3.05, 3.63) is 93.5 Å². The minimum atomic E-state index is -0.829. The van der Waals surface area contributed by atoms with Crippen LogP contribution in [0, 0.1) is 6.92 Å². The van der Waals surface area contributed by atoms with Gasteiger partial charge < -0.3 is 9.84 Å². The summed E-state index contributed by atoms with van der Waals surface area (Å²) in [4.78, 5) is 32.9. The molecule has 4 aromatic rings. The van der Waals surface area contributed by atoms with Crippen LogP contribution in [0.3, 0.4) is 0 Å². The molecule has 3 heterocycles. The number of ketones is 1. The van der Waals surface area contributed by atoms with Crippen LogP contribution < -0.4 is 9.64 Å². The monoisotopic (exact) mass is 516 g/mol. The number of aryl methyl sites for hydroxylation is 1. The van der Waals surface area contributed by atoms with Gasteiger partial charge in [0, 0.05) is 17.0 Å². The highest BCUT2D eigenvalue weighted by atomic mass is 35.5. The molecule has 36 heavy (non-hydrogen) atoms. The summed E-state index contributed by atoms with van der Waals surface area (Å²) in [7, 11) is 0. The molecule has 2 aliphatic heterocycles. The lowest BCUT2D eigenvalue weighted by molar-refractivity contribution is -0.132. The highest BCUT2D eigenvalue weighted by Crippen LogP contribution is 2.45.